The van der Waals surface area contributed by atoms with E-state index in [0.29, 0.717) is 5.69 Å². The van der Waals surface area contributed by atoms with Gasteiger partial charge in [-0.1, -0.05) is 18.2 Å². The van der Waals surface area contributed by atoms with Crippen molar-refractivity contribution in [3.63, 3.8) is 0 Å². The molecular weight excluding hydrogens is 326 g/mol. The molecule has 1 heterocycles. The van der Waals surface area contributed by atoms with Crippen molar-refractivity contribution >= 4 is 37.8 Å². The second-order valence-corrected chi connectivity index (χ2v) is 7.77. The van der Waals surface area contributed by atoms with Crippen LogP contribution in [-0.4, -0.2) is 23.2 Å². The van der Waals surface area contributed by atoms with Crippen molar-refractivity contribution in [1.82, 2.24) is 0 Å². The minimum Gasteiger partial charge on any atom is -0.345 e. The highest BCUT2D eigenvalue weighted by Crippen LogP contribution is 2.29. The van der Waals surface area contributed by atoms with Crippen LogP contribution in [0.1, 0.15) is 0 Å². The molecule has 3 rings (SSSR count). The zero-order chi connectivity index (χ0) is 15.8. The highest BCUT2D eigenvalue weighted by molar-refractivity contribution is 7.93. The summed E-state index contributed by atoms with van der Waals surface area (Å²) < 4.78 is 54.1. The fraction of sp³-hybridized carbons (Fsp3) is 0. The van der Waals surface area contributed by atoms with E-state index in [9.17, 15) is 16.8 Å². The van der Waals surface area contributed by atoms with Crippen LogP contribution in [0.3, 0.4) is 0 Å². The maximum atomic E-state index is 12.3. The summed E-state index contributed by atoms with van der Waals surface area (Å²) in [5, 5.41) is 2.66. The van der Waals surface area contributed by atoms with E-state index in [-0.39, 0.29) is 15.5 Å². The monoisotopic (exact) mass is 337 g/mol. The Hall–Kier alpha value is -2.39. The topological polar surface area (TPSA) is 105 Å². The fourth-order valence-electron chi connectivity index (χ4n) is 1.94. The van der Waals surface area contributed by atoms with Crippen molar-refractivity contribution in [1.29, 1.82) is 0 Å². The van der Waals surface area contributed by atoms with Gasteiger partial charge in [-0.25, -0.2) is 8.42 Å². The van der Waals surface area contributed by atoms with Crippen LogP contribution in [0.4, 0.5) is 11.4 Å². The van der Waals surface area contributed by atoms with E-state index in [0.717, 1.165) is 12.4 Å². The summed E-state index contributed by atoms with van der Waals surface area (Å²) >= 11 is 0. The largest absolute Gasteiger partial charge is 0.345 e. The molecule has 114 valence electrons. The fourth-order valence-corrected chi connectivity index (χ4v) is 4.09. The quantitative estimate of drug-likeness (QED) is 0.886. The van der Waals surface area contributed by atoms with Gasteiger partial charge in [-0.3, -0.25) is 4.72 Å². The molecule has 0 fully saturated rings. The molecule has 0 saturated carbocycles. The molecule has 0 atom stereocenters. The molecule has 2 aromatic carbocycles. The Morgan fingerprint density at radius 1 is 1.05 bits per heavy atom. The first-order valence-electron chi connectivity index (χ1n) is 6.16. The third-order valence-electron chi connectivity index (χ3n) is 2.98. The van der Waals surface area contributed by atoms with Crippen LogP contribution < -0.4 is 10.0 Å². The van der Waals surface area contributed by atoms with Crippen molar-refractivity contribution in [2.45, 2.75) is 9.79 Å². The SMILES string of the molecule is O=S1(=O)N=CNc2ccc(S(=O)(=O)Nc3ccccc3)cc21. The Kier molecular flexibility index (Phi) is 3.38. The van der Waals surface area contributed by atoms with Gasteiger partial charge in [0, 0.05) is 5.69 Å². The van der Waals surface area contributed by atoms with E-state index in [2.05, 4.69) is 14.4 Å². The molecule has 0 amide bonds. The summed E-state index contributed by atoms with van der Waals surface area (Å²) in [6.07, 6.45) is 1.05. The maximum absolute atomic E-state index is 12.3. The van der Waals surface area contributed by atoms with Crippen molar-refractivity contribution in [2.24, 2.45) is 4.40 Å². The third kappa shape index (κ3) is 2.68. The molecule has 22 heavy (non-hydrogen) atoms. The van der Waals surface area contributed by atoms with E-state index in [4.69, 9.17) is 0 Å². The molecular formula is C13H11N3O4S2. The molecule has 1 aliphatic heterocycles. The molecule has 0 spiro atoms. The molecule has 1 aliphatic rings. The standard InChI is InChI=1S/C13H11N3O4S2/c17-21(18,16-10-4-2-1-3-5-10)11-6-7-12-13(8-11)22(19,20)15-9-14-12/h1-9,16H,(H,14,15). The molecule has 0 aromatic heterocycles. The van der Waals surface area contributed by atoms with Crippen LogP contribution in [0.25, 0.3) is 0 Å². The molecule has 0 unspecified atom stereocenters. The van der Waals surface area contributed by atoms with Crippen molar-refractivity contribution in [3.05, 3.63) is 48.5 Å². The number of anilines is 2. The van der Waals surface area contributed by atoms with Gasteiger partial charge in [0.05, 0.1) is 10.6 Å². The number of hydrogen-bond acceptors (Lipinski definition) is 5. The molecule has 0 radical (unpaired) electrons. The molecule has 0 aliphatic carbocycles. The molecule has 0 saturated heterocycles. The number of nitrogens with zero attached hydrogens (tertiary/aromatic N) is 1. The number of benzene rings is 2. The number of rotatable bonds is 3. The second-order valence-electron chi connectivity index (χ2n) is 4.48. The molecule has 2 aromatic rings. The lowest BCUT2D eigenvalue weighted by molar-refractivity contribution is 0.597. The number of nitrogens with one attached hydrogen (secondary N) is 2. The molecule has 9 heteroatoms. The van der Waals surface area contributed by atoms with Gasteiger partial charge >= 0.3 is 0 Å². The highest BCUT2D eigenvalue weighted by atomic mass is 32.2. The van der Waals surface area contributed by atoms with Crippen LogP contribution in [0.2, 0.25) is 0 Å². The van der Waals surface area contributed by atoms with Gasteiger partial charge in [-0.2, -0.15) is 8.42 Å². The normalized spacial score (nSPS) is 15.6. The van der Waals surface area contributed by atoms with E-state index >= 15 is 0 Å². The summed E-state index contributed by atoms with van der Waals surface area (Å²) in [6.45, 7) is 0. The van der Waals surface area contributed by atoms with Crippen LogP contribution >= 0.6 is 0 Å². The number of fused-ring (bicyclic) bond motifs is 1. The lowest BCUT2D eigenvalue weighted by Gasteiger charge is -2.14. The van der Waals surface area contributed by atoms with E-state index < -0.39 is 20.0 Å². The number of para-hydroxylation sites is 1. The Balaban J connectivity index is 2.03. The van der Waals surface area contributed by atoms with Gasteiger partial charge in [0.1, 0.15) is 11.2 Å². The van der Waals surface area contributed by atoms with Gasteiger partial charge in [0.25, 0.3) is 20.0 Å². The van der Waals surface area contributed by atoms with Gasteiger partial charge in [-0.05, 0) is 30.3 Å². The lowest BCUT2D eigenvalue weighted by atomic mass is 10.3. The Morgan fingerprint density at radius 3 is 2.50 bits per heavy atom. The Morgan fingerprint density at radius 2 is 1.77 bits per heavy atom. The minimum atomic E-state index is -3.89. The first-order valence-corrected chi connectivity index (χ1v) is 9.08. The van der Waals surface area contributed by atoms with E-state index in [1.165, 1.54) is 12.1 Å². The molecule has 0 bridgehead atoms. The predicted octanol–water partition coefficient (Wildman–Crippen LogP) is 1.63. The first kappa shape index (κ1) is 14.5. The van der Waals surface area contributed by atoms with Gasteiger partial charge in [0.2, 0.25) is 0 Å². The lowest BCUT2D eigenvalue weighted by Crippen LogP contribution is -2.16. The maximum Gasteiger partial charge on any atom is 0.285 e. The smallest absolute Gasteiger partial charge is 0.285 e. The average Bonchev–Trinajstić information content (AvgIpc) is 2.47. The number of sulfonamides is 2. The minimum absolute atomic E-state index is 0.155. The Bertz CT molecular complexity index is 952. The first-order chi connectivity index (χ1) is 10.4. The third-order valence-corrected chi connectivity index (χ3v) is 5.63. The number of hydrogen-bond donors (Lipinski definition) is 2. The van der Waals surface area contributed by atoms with Crippen LogP contribution in [-0.2, 0) is 20.0 Å². The van der Waals surface area contributed by atoms with Crippen molar-refractivity contribution in [2.75, 3.05) is 10.0 Å². The highest BCUT2D eigenvalue weighted by Gasteiger charge is 2.24. The average molecular weight is 337 g/mol. The molecule has 2 N–H and O–H groups in total. The predicted molar refractivity (Wildman–Crippen MR) is 83.0 cm³/mol. The van der Waals surface area contributed by atoms with Gasteiger partial charge < -0.3 is 5.32 Å². The van der Waals surface area contributed by atoms with Crippen molar-refractivity contribution in [3.8, 4) is 0 Å². The van der Waals surface area contributed by atoms with Crippen LogP contribution in [0.15, 0.2) is 62.7 Å². The summed E-state index contributed by atoms with van der Waals surface area (Å²) in [4.78, 5) is -0.330. The summed E-state index contributed by atoms with van der Waals surface area (Å²) in [7, 11) is -7.77. The van der Waals surface area contributed by atoms with Crippen molar-refractivity contribution < 1.29 is 16.8 Å². The van der Waals surface area contributed by atoms with Crippen LogP contribution in [0, 0.1) is 0 Å². The van der Waals surface area contributed by atoms with E-state index in [1.54, 1.807) is 30.3 Å². The van der Waals surface area contributed by atoms with E-state index in [1.807, 2.05) is 0 Å². The zero-order valence-corrected chi connectivity index (χ0v) is 12.7. The summed E-state index contributed by atoms with van der Waals surface area (Å²) in [5.74, 6) is 0. The van der Waals surface area contributed by atoms with Crippen LogP contribution in [0.5, 0.6) is 0 Å². The van der Waals surface area contributed by atoms with Gasteiger partial charge in [-0.15, -0.1) is 4.40 Å². The Labute approximate surface area is 127 Å². The second kappa shape index (κ2) is 5.11. The zero-order valence-electron chi connectivity index (χ0n) is 11.1. The van der Waals surface area contributed by atoms with Gasteiger partial charge in [0.15, 0.2) is 0 Å². The molecule has 7 nitrogen and oxygen atoms in total. The summed E-state index contributed by atoms with van der Waals surface area (Å²) in [5.41, 5.74) is 0.674. The summed E-state index contributed by atoms with van der Waals surface area (Å²) in [6, 6.07) is 12.1.